The van der Waals surface area contributed by atoms with E-state index in [1.807, 2.05) is 13.0 Å². The van der Waals surface area contributed by atoms with Crippen LogP contribution in [0.4, 0.5) is 0 Å². The molecule has 4 rings (SSSR count). The average molecular weight is 446 g/mol. The molecule has 2 aliphatic rings. The SMILES string of the molecule is C/C(N)=C1/C(=N)CC(c2ccccc2-c2ccccc2)C/C1=N\OCCCN1CCNCC1. The summed E-state index contributed by atoms with van der Waals surface area (Å²) < 4.78 is 0. The van der Waals surface area contributed by atoms with Crippen LogP contribution in [0.1, 0.15) is 37.7 Å². The van der Waals surface area contributed by atoms with E-state index in [0.717, 1.165) is 50.4 Å². The number of rotatable bonds is 7. The van der Waals surface area contributed by atoms with Gasteiger partial charge in [-0.25, -0.2) is 0 Å². The maximum absolute atomic E-state index is 8.73. The summed E-state index contributed by atoms with van der Waals surface area (Å²) in [6, 6.07) is 18.9. The fourth-order valence-corrected chi connectivity index (χ4v) is 4.84. The van der Waals surface area contributed by atoms with Gasteiger partial charge in [0, 0.05) is 56.1 Å². The van der Waals surface area contributed by atoms with Gasteiger partial charge in [-0.05, 0) is 42.4 Å². The molecule has 1 saturated carbocycles. The summed E-state index contributed by atoms with van der Waals surface area (Å²) in [6.07, 6.45) is 2.30. The zero-order valence-electron chi connectivity index (χ0n) is 19.5. The van der Waals surface area contributed by atoms with E-state index in [0.29, 0.717) is 30.9 Å². The van der Waals surface area contributed by atoms with Crippen LogP contribution >= 0.6 is 0 Å². The molecule has 0 amide bonds. The molecular formula is C27H35N5O. The first kappa shape index (κ1) is 23.2. The third kappa shape index (κ3) is 5.89. The first-order valence-corrected chi connectivity index (χ1v) is 11.9. The lowest BCUT2D eigenvalue weighted by Gasteiger charge is -2.29. The fourth-order valence-electron chi connectivity index (χ4n) is 4.84. The largest absolute Gasteiger partial charge is 0.402 e. The Kier molecular flexibility index (Phi) is 7.92. The Morgan fingerprint density at radius 1 is 1.09 bits per heavy atom. The van der Waals surface area contributed by atoms with Crippen molar-refractivity contribution in [2.45, 2.75) is 32.1 Å². The Labute approximate surface area is 197 Å². The number of nitrogens with one attached hydrogen (secondary N) is 2. The Hall–Kier alpha value is -2.96. The van der Waals surface area contributed by atoms with Gasteiger partial charge < -0.3 is 26.2 Å². The van der Waals surface area contributed by atoms with Crippen molar-refractivity contribution in [1.29, 1.82) is 5.41 Å². The molecule has 0 aromatic heterocycles. The number of hydrogen-bond donors (Lipinski definition) is 3. The predicted octanol–water partition coefficient (Wildman–Crippen LogP) is 4.15. The monoisotopic (exact) mass is 445 g/mol. The van der Waals surface area contributed by atoms with E-state index in [1.165, 1.54) is 16.7 Å². The third-order valence-electron chi connectivity index (χ3n) is 6.45. The van der Waals surface area contributed by atoms with Crippen molar-refractivity contribution < 1.29 is 4.84 Å². The molecule has 0 radical (unpaired) electrons. The van der Waals surface area contributed by atoms with Gasteiger partial charge in [-0.15, -0.1) is 0 Å². The zero-order chi connectivity index (χ0) is 23.0. The molecule has 2 fully saturated rings. The normalized spacial score (nSPS) is 22.4. The van der Waals surface area contributed by atoms with E-state index < -0.39 is 0 Å². The molecule has 6 nitrogen and oxygen atoms in total. The molecule has 1 atom stereocenters. The standard InChI is InChI=1S/C27H35N5O/c1-20(28)27-25(29)18-22(24-11-6-5-10-23(24)21-8-3-2-4-9-21)19-26(27)31-33-17-7-14-32-15-12-30-13-16-32/h2-6,8-11,22,29-30H,7,12-19,28H2,1H3/b27-20+,29-25?,31-26+. The number of oxime groups is 1. The highest BCUT2D eigenvalue weighted by Gasteiger charge is 2.30. The smallest absolute Gasteiger partial charge is 0.118 e. The van der Waals surface area contributed by atoms with Crippen LogP contribution < -0.4 is 11.1 Å². The summed E-state index contributed by atoms with van der Waals surface area (Å²) in [7, 11) is 0. The topological polar surface area (TPSA) is 86.7 Å². The van der Waals surface area contributed by atoms with Crippen LogP contribution in [0.25, 0.3) is 11.1 Å². The summed E-state index contributed by atoms with van der Waals surface area (Å²) in [5, 5.41) is 16.6. The van der Waals surface area contributed by atoms with E-state index in [9.17, 15) is 0 Å². The first-order chi connectivity index (χ1) is 16.1. The molecule has 1 saturated heterocycles. The Morgan fingerprint density at radius 2 is 1.82 bits per heavy atom. The molecule has 2 aromatic rings. The number of piperazine rings is 1. The van der Waals surface area contributed by atoms with E-state index >= 15 is 0 Å². The highest BCUT2D eigenvalue weighted by Crippen LogP contribution is 2.38. The molecule has 1 aliphatic carbocycles. The second kappa shape index (κ2) is 11.3. The van der Waals surface area contributed by atoms with Gasteiger partial charge in [0.15, 0.2) is 0 Å². The zero-order valence-corrected chi connectivity index (χ0v) is 19.5. The van der Waals surface area contributed by atoms with Gasteiger partial charge >= 0.3 is 0 Å². The Morgan fingerprint density at radius 3 is 2.58 bits per heavy atom. The van der Waals surface area contributed by atoms with Gasteiger partial charge in [0.05, 0.1) is 5.71 Å². The van der Waals surface area contributed by atoms with Crippen molar-refractivity contribution in [3.8, 4) is 11.1 Å². The molecule has 1 heterocycles. The van der Waals surface area contributed by atoms with Crippen LogP contribution in [0.3, 0.4) is 0 Å². The Bertz CT molecular complexity index is 1000. The molecular weight excluding hydrogens is 410 g/mol. The van der Waals surface area contributed by atoms with E-state index in [1.54, 1.807) is 0 Å². The number of nitrogens with two attached hydrogens (primary N) is 1. The minimum absolute atomic E-state index is 0.167. The van der Waals surface area contributed by atoms with Gasteiger partial charge in [-0.1, -0.05) is 59.8 Å². The number of hydrogen-bond acceptors (Lipinski definition) is 6. The van der Waals surface area contributed by atoms with Crippen LogP contribution in [0.5, 0.6) is 0 Å². The van der Waals surface area contributed by atoms with Crippen molar-refractivity contribution in [2.24, 2.45) is 10.9 Å². The van der Waals surface area contributed by atoms with Crippen LogP contribution in [0.15, 0.2) is 71.0 Å². The van der Waals surface area contributed by atoms with Crippen molar-refractivity contribution >= 4 is 11.4 Å². The van der Waals surface area contributed by atoms with E-state index in [-0.39, 0.29) is 5.92 Å². The van der Waals surface area contributed by atoms with Gasteiger partial charge in [-0.2, -0.15) is 0 Å². The molecule has 33 heavy (non-hydrogen) atoms. The van der Waals surface area contributed by atoms with Crippen LogP contribution in [0, 0.1) is 5.41 Å². The minimum Gasteiger partial charge on any atom is -0.402 e. The van der Waals surface area contributed by atoms with Crippen molar-refractivity contribution in [3.05, 3.63) is 71.4 Å². The highest BCUT2D eigenvalue weighted by atomic mass is 16.6. The van der Waals surface area contributed by atoms with Crippen LogP contribution in [0.2, 0.25) is 0 Å². The molecule has 0 spiro atoms. The maximum Gasteiger partial charge on any atom is 0.118 e. The summed E-state index contributed by atoms with van der Waals surface area (Å²) in [6.45, 7) is 7.74. The lowest BCUT2D eigenvalue weighted by molar-refractivity contribution is 0.125. The summed E-state index contributed by atoms with van der Waals surface area (Å²) in [5.41, 5.74) is 12.5. The van der Waals surface area contributed by atoms with Crippen LogP contribution in [-0.4, -0.2) is 55.7 Å². The predicted molar refractivity (Wildman–Crippen MR) is 136 cm³/mol. The lowest BCUT2D eigenvalue weighted by atomic mass is 9.76. The second-order valence-corrected chi connectivity index (χ2v) is 8.91. The van der Waals surface area contributed by atoms with Gasteiger partial charge in [0.25, 0.3) is 0 Å². The number of benzene rings is 2. The van der Waals surface area contributed by atoms with Crippen LogP contribution in [-0.2, 0) is 4.84 Å². The lowest BCUT2D eigenvalue weighted by Crippen LogP contribution is -2.43. The first-order valence-electron chi connectivity index (χ1n) is 11.9. The highest BCUT2D eigenvalue weighted by molar-refractivity contribution is 6.25. The van der Waals surface area contributed by atoms with Crippen molar-refractivity contribution in [1.82, 2.24) is 10.2 Å². The maximum atomic E-state index is 8.73. The van der Waals surface area contributed by atoms with E-state index in [4.69, 9.17) is 16.0 Å². The minimum atomic E-state index is 0.167. The third-order valence-corrected chi connectivity index (χ3v) is 6.45. The quantitative estimate of drug-likeness (QED) is 0.441. The number of allylic oxidation sites excluding steroid dienone is 2. The molecule has 4 N–H and O–H groups in total. The molecule has 0 bridgehead atoms. The summed E-state index contributed by atoms with van der Waals surface area (Å²) in [5.74, 6) is 0.167. The molecule has 174 valence electrons. The average Bonchev–Trinajstić information content (AvgIpc) is 2.84. The van der Waals surface area contributed by atoms with E-state index in [2.05, 4.69) is 63.9 Å². The fraction of sp³-hybridized carbons (Fsp3) is 0.407. The van der Waals surface area contributed by atoms with Gasteiger partial charge in [-0.3, -0.25) is 0 Å². The molecule has 2 aromatic carbocycles. The second-order valence-electron chi connectivity index (χ2n) is 8.91. The van der Waals surface area contributed by atoms with Gasteiger partial charge in [0.2, 0.25) is 0 Å². The molecule has 1 aliphatic heterocycles. The molecule has 1 unspecified atom stereocenters. The summed E-state index contributed by atoms with van der Waals surface area (Å²) >= 11 is 0. The van der Waals surface area contributed by atoms with Crippen molar-refractivity contribution in [2.75, 3.05) is 39.3 Å². The molecule has 6 heteroatoms. The summed E-state index contributed by atoms with van der Waals surface area (Å²) in [4.78, 5) is 8.20. The number of nitrogens with zero attached hydrogens (tertiary/aromatic N) is 2. The van der Waals surface area contributed by atoms with Gasteiger partial charge in [0.1, 0.15) is 6.61 Å². The van der Waals surface area contributed by atoms with Crippen molar-refractivity contribution in [3.63, 3.8) is 0 Å². The Balaban J connectivity index is 1.48.